The van der Waals surface area contributed by atoms with Gasteiger partial charge in [-0.25, -0.2) is 8.42 Å². The van der Waals surface area contributed by atoms with Crippen LogP contribution >= 0.6 is 0 Å². The maximum Gasteiger partial charge on any atom is 0.243 e. The second kappa shape index (κ2) is 8.69. The molecule has 0 unspecified atom stereocenters. The van der Waals surface area contributed by atoms with E-state index in [1.807, 2.05) is 18.2 Å². The number of hydrogen-bond acceptors (Lipinski definition) is 4. The lowest BCUT2D eigenvalue weighted by Crippen LogP contribution is -2.35. The fraction of sp³-hybridized carbons (Fsp3) is 0.0952. The van der Waals surface area contributed by atoms with E-state index in [-0.39, 0.29) is 11.4 Å². The first-order valence-electron chi connectivity index (χ1n) is 8.60. The van der Waals surface area contributed by atoms with Crippen molar-refractivity contribution < 1.29 is 17.9 Å². The first-order chi connectivity index (χ1) is 13.5. The predicted octanol–water partition coefficient (Wildman–Crippen LogP) is 3.74. The van der Waals surface area contributed by atoms with E-state index in [0.717, 1.165) is 4.31 Å². The molecular formula is C21H20N2O4S. The summed E-state index contributed by atoms with van der Waals surface area (Å²) in [7, 11) is -2.37. The summed E-state index contributed by atoms with van der Waals surface area (Å²) in [4.78, 5) is 12.6. The second-order valence-electron chi connectivity index (χ2n) is 6.03. The van der Waals surface area contributed by atoms with E-state index >= 15 is 0 Å². The number of carbonyl (C=O) groups excluding carboxylic acids is 1. The van der Waals surface area contributed by atoms with E-state index in [0.29, 0.717) is 17.2 Å². The molecule has 144 valence electrons. The Morgan fingerprint density at radius 3 is 2.14 bits per heavy atom. The lowest BCUT2D eigenvalue weighted by atomic mass is 10.3. The van der Waals surface area contributed by atoms with Crippen LogP contribution in [0.5, 0.6) is 11.5 Å². The molecule has 1 amide bonds. The third-order valence-electron chi connectivity index (χ3n) is 3.95. The molecule has 28 heavy (non-hydrogen) atoms. The number of rotatable bonds is 7. The number of likely N-dealkylation sites (N-methyl/N-ethyl adjacent to an activating group) is 1. The first kappa shape index (κ1) is 19.6. The fourth-order valence-corrected chi connectivity index (χ4v) is 3.67. The maximum atomic E-state index is 12.5. The van der Waals surface area contributed by atoms with Crippen LogP contribution in [0, 0.1) is 0 Å². The largest absolute Gasteiger partial charge is 0.455 e. The quantitative estimate of drug-likeness (QED) is 0.660. The van der Waals surface area contributed by atoms with E-state index in [9.17, 15) is 13.2 Å². The molecule has 7 heteroatoms. The van der Waals surface area contributed by atoms with Gasteiger partial charge < -0.3 is 10.1 Å². The fourth-order valence-electron chi connectivity index (χ4n) is 2.52. The standard InChI is InChI=1S/C21H20N2O4S/c1-23(28(25,26)18-12-6-3-7-13-18)16-21(24)22-19-14-8-9-15-20(19)27-17-10-4-2-5-11-17/h2-15H,16H2,1H3,(H,22,24). The molecule has 0 radical (unpaired) electrons. The number of sulfonamides is 1. The number of para-hydroxylation sites is 3. The Morgan fingerprint density at radius 1 is 0.893 bits per heavy atom. The highest BCUT2D eigenvalue weighted by molar-refractivity contribution is 7.89. The van der Waals surface area contributed by atoms with Crippen LogP contribution in [0.4, 0.5) is 5.69 Å². The Bertz CT molecular complexity index is 1040. The average Bonchev–Trinajstić information content (AvgIpc) is 2.71. The zero-order valence-corrected chi connectivity index (χ0v) is 16.1. The average molecular weight is 396 g/mol. The van der Waals surface area contributed by atoms with Crippen molar-refractivity contribution in [3.8, 4) is 11.5 Å². The van der Waals surface area contributed by atoms with Crippen molar-refractivity contribution in [3.05, 3.63) is 84.9 Å². The lowest BCUT2D eigenvalue weighted by molar-refractivity contribution is -0.116. The van der Waals surface area contributed by atoms with E-state index in [2.05, 4.69) is 5.32 Å². The smallest absolute Gasteiger partial charge is 0.243 e. The highest BCUT2D eigenvalue weighted by atomic mass is 32.2. The molecule has 0 spiro atoms. The molecule has 0 fully saturated rings. The summed E-state index contributed by atoms with van der Waals surface area (Å²) in [6.45, 7) is -0.323. The molecule has 0 aromatic heterocycles. The van der Waals surface area contributed by atoms with Crippen LogP contribution in [-0.4, -0.2) is 32.2 Å². The number of carbonyl (C=O) groups is 1. The third-order valence-corrected chi connectivity index (χ3v) is 5.77. The molecule has 0 heterocycles. The lowest BCUT2D eigenvalue weighted by Gasteiger charge is -2.17. The van der Waals surface area contributed by atoms with Crippen LogP contribution in [-0.2, 0) is 14.8 Å². The summed E-state index contributed by atoms with van der Waals surface area (Å²) in [6.07, 6.45) is 0. The van der Waals surface area contributed by atoms with Gasteiger partial charge in [-0.1, -0.05) is 48.5 Å². The monoisotopic (exact) mass is 396 g/mol. The zero-order valence-electron chi connectivity index (χ0n) is 15.3. The van der Waals surface area contributed by atoms with Crippen LogP contribution in [0.25, 0.3) is 0 Å². The predicted molar refractivity (Wildman–Crippen MR) is 108 cm³/mol. The van der Waals surface area contributed by atoms with Crippen LogP contribution in [0.1, 0.15) is 0 Å². The van der Waals surface area contributed by atoms with Crippen molar-refractivity contribution in [2.75, 3.05) is 18.9 Å². The number of anilines is 1. The molecule has 3 aromatic rings. The molecule has 0 aliphatic carbocycles. The minimum atomic E-state index is -3.74. The minimum absolute atomic E-state index is 0.137. The van der Waals surface area contributed by atoms with Gasteiger partial charge in [0.15, 0.2) is 5.75 Å². The van der Waals surface area contributed by atoms with Crippen LogP contribution in [0.15, 0.2) is 89.8 Å². The Morgan fingerprint density at radius 2 is 1.46 bits per heavy atom. The van der Waals surface area contributed by atoms with E-state index in [1.165, 1.54) is 19.2 Å². The molecule has 0 bridgehead atoms. The van der Waals surface area contributed by atoms with Crippen molar-refractivity contribution in [1.82, 2.24) is 4.31 Å². The third kappa shape index (κ3) is 4.76. The first-order valence-corrected chi connectivity index (χ1v) is 10.0. The molecule has 6 nitrogen and oxygen atoms in total. The molecule has 0 aliphatic rings. The van der Waals surface area contributed by atoms with Crippen molar-refractivity contribution >= 4 is 21.6 Å². The van der Waals surface area contributed by atoms with E-state index in [4.69, 9.17) is 4.74 Å². The van der Waals surface area contributed by atoms with Crippen molar-refractivity contribution in [2.24, 2.45) is 0 Å². The molecular weight excluding hydrogens is 376 g/mol. The van der Waals surface area contributed by atoms with Gasteiger partial charge in [0, 0.05) is 7.05 Å². The van der Waals surface area contributed by atoms with Gasteiger partial charge in [-0.3, -0.25) is 4.79 Å². The minimum Gasteiger partial charge on any atom is -0.455 e. The molecule has 0 aliphatic heterocycles. The van der Waals surface area contributed by atoms with Gasteiger partial charge in [-0.2, -0.15) is 4.31 Å². The topological polar surface area (TPSA) is 75.7 Å². The second-order valence-corrected chi connectivity index (χ2v) is 8.08. The normalized spacial score (nSPS) is 11.2. The van der Waals surface area contributed by atoms with Gasteiger partial charge >= 0.3 is 0 Å². The highest BCUT2D eigenvalue weighted by Crippen LogP contribution is 2.29. The van der Waals surface area contributed by atoms with Gasteiger partial charge in [-0.15, -0.1) is 0 Å². The van der Waals surface area contributed by atoms with Crippen molar-refractivity contribution in [2.45, 2.75) is 4.90 Å². The number of hydrogen-bond donors (Lipinski definition) is 1. The maximum absolute atomic E-state index is 12.5. The molecule has 3 rings (SSSR count). The zero-order chi connectivity index (χ0) is 20.0. The molecule has 0 saturated carbocycles. The highest BCUT2D eigenvalue weighted by Gasteiger charge is 2.23. The molecule has 0 saturated heterocycles. The Kier molecular flexibility index (Phi) is 6.08. The summed E-state index contributed by atoms with van der Waals surface area (Å²) in [5.41, 5.74) is 0.460. The number of nitrogens with one attached hydrogen (secondary N) is 1. The van der Waals surface area contributed by atoms with Crippen LogP contribution in [0.2, 0.25) is 0 Å². The Hall–Kier alpha value is -3.16. The number of benzene rings is 3. The Balaban J connectivity index is 1.70. The molecule has 3 aromatic carbocycles. The molecule has 1 N–H and O–H groups in total. The Labute approximate surface area is 164 Å². The number of amides is 1. The summed E-state index contributed by atoms with van der Waals surface area (Å²) in [6, 6.07) is 24.2. The summed E-state index contributed by atoms with van der Waals surface area (Å²) in [5.74, 6) is 0.634. The SMILES string of the molecule is CN(CC(=O)Nc1ccccc1Oc1ccccc1)S(=O)(=O)c1ccccc1. The number of ether oxygens (including phenoxy) is 1. The molecule has 0 atom stereocenters. The van der Waals surface area contributed by atoms with Gasteiger partial charge in [0.2, 0.25) is 15.9 Å². The summed E-state index contributed by atoms with van der Waals surface area (Å²) >= 11 is 0. The van der Waals surface area contributed by atoms with Gasteiger partial charge in [0.1, 0.15) is 5.75 Å². The number of nitrogens with zero attached hydrogens (tertiary/aromatic N) is 1. The summed E-state index contributed by atoms with van der Waals surface area (Å²) in [5, 5.41) is 2.72. The van der Waals surface area contributed by atoms with Crippen LogP contribution in [0.3, 0.4) is 0 Å². The van der Waals surface area contributed by atoms with Crippen molar-refractivity contribution in [1.29, 1.82) is 0 Å². The van der Waals surface area contributed by atoms with E-state index in [1.54, 1.807) is 54.6 Å². The van der Waals surface area contributed by atoms with Crippen molar-refractivity contribution in [3.63, 3.8) is 0 Å². The summed E-state index contributed by atoms with van der Waals surface area (Å²) < 4.78 is 31.9. The van der Waals surface area contributed by atoms with Gasteiger partial charge in [-0.05, 0) is 36.4 Å². The van der Waals surface area contributed by atoms with Crippen LogP contribution < -0.4 is 10.1 Å². The van der Waals surface area contributed by atoms with Gasteiger partial charge in [0.05, 0.1) is 17.1 Å². The van der Waals surface area contributed by atoms with E-state index < -0.39 is 15.9 Å². The van der Waals surface area contributed by atoms with Gasteiger partial charge in [0.25, 0.3) is 0 Å².